The summed E-state index contributed by atoms with van der Waals surface area (Å²) in [4.78, 5) is 18.0. The maximum atomic E-state index is 11.6. The van der Waals surface area contributed by atoms with E-state index in [0.29, 0.717) is 19.6 Å². The van der Waals surface area contributed by atoms with Crippen LogP contribution in [-0.2, 0) is 24.9 Å². The number of imidazole rings is 1. The van der Waals surface area contributed by atoms with Gasteiger partial charge in [-0.1, -0.05) is 5.16 Å². The van der Waals surface area contributed by atoms with Gasteiger partial charge in [-0.2, -0.15) is 0 Å². The fraction of sp³-hybridized carbons (Fsp3) is 0.500. The number of nitrogens with zero attached hydrogens (tertiary/aromatic N) is 4. The van der Waals surface area contributed by atoms with E-state index in [4.69, 9.17) is 4.52 Å². The predicted octanol–water partition coefficient (Wildman–Crippen LogP) is 1.21. The summed E-state index contributed by atoms with van der Waals surface area (Å²) in [6, 6.07) is 0. The Kier molecular flexibility index (Phi) is 3.29. The van der Waals surface area contributed by atoms with Gasteiger partial charge in [-0.3, -0.25) is 9.69 Å². The van der Waals surface area contributed by atoms with Gasteiger partial charge in [-0.05, 0) is 13.8 Å². The largest absolute Gasteiger partial charge is 0.481 e. The smallest absolute Gasteiger partial charge is 0.313 e. The molecule has 0 radical (unpaired) electrons. The topological polar surface area (TPSA) is 84.4 Å². The molecule has 0 aromatic carbocycles. The molecule has 1 N–H and O–H groups in total. The molecule has 0 amide bonds. The van der Waals surface area contributed by atoms with Crippen LogP contribution in [0.4, 0.5) is 0 Å². The van der Waals surface area contributed by atoms with Crippen molar-refractivity contribution in [3.63, 3.8) is 0 Å². The lowest BCUT2D eigenvalue weighted by Gasteiger charge is -2.30. The van der Waals surface area contributed by atoms with Crippen LogP contribution < -0.4 is 0 Å². The van der Waals surface area contributed by atoms with Gasteiger partial charge in [0.25, 0.3) is 0 Å². The Labute approximate surface area is 122 Å². The summed E-state index contributed by atoms with van der Waals surface area (Å²) in [6.45, 7) is 5.51. The Hall–Kier alpha value is -2.15. The van der Waals surface area contributed by atoms with Gasteiger partial charge in [0.1, 0.15) is 11.7 Å². The van der Waals surface area contributed by atoms with Gasteiger partial charge in [-0.15, -0.1) is 0 Å². The highest BCUT2D eigenvalue weighted by atomic mass is 16.5. The fourth-order valence-electron chi connectivity index (χ4n) is 2.94. The van der Waals surface area contributed by atoms with Crippen LogP contribution >= 0.6 is 0 Å². The minimum Gasteiger partial charge on any atom is -0.481 e. The SMILES string of the molecule is Cc1noc(C)c1CN1Cc2ncn(C)c2C(C(=O)O)C1. The first-order valence-electron chi connectivity index (χ1n) is 6.84. The van der Waals surface area contributed by atoms with E-state index >= 15 is 0 Å². The fourth-order valence-corrected chi connectivity index (χ4v) is 2.94. The first-order valence-corrected chi connectivity index (χ1v) is 6.84. The summed E-state index contributed by atoms with van der Waals surface area (Å²) < 4.78 is 6.98. The van der Waals surface area contributed by atoms with Crippen LogP contribution in [0.3, 0.4) is 0 Å². The van der Waals surface area contributed by atoms with Crippen molar-refractivity contribution in [3.05, 3.63) is 34.7 Å². The number of aromatic nitrogens is 3. The normalized spacial score (nSPS) is 18.7. The third-order valence-corrected chi connectivity index (χ3v) is 4.07. The van der Waals surface area contributed by atoms with Gasteiger partial charge >= 0.3 is 5.97 Å². The van der Waals surface area contributed by atoms with Crippen molar-refractivity contribution >= 4 is 5.97 Å². The Morgan fingerprint density at radius 2 is 2.29 bits per heavy atom. The predicted molar refractivity (Wildman–Crippen MR) is 73.7 cm³/mol. The molecule has 0 saturated heterocycles. The van der Waals surface area contributed by atoms with Crippen molar-refractivity contribution in [2.24, 2.45) is 7.05 Å². The molecule has 7 heteroatoms. The highest BCUT2D eigenvalue weighted by Gasteiger charge is 2.34. The monoisotopic (exact) mass is 290 g/mol. The van der Waals surface area contributed by atoms with Crippen LogP contribution in [0.1, 0.15) is 34.3 Å². The zero-order chi connectivity index (χ0) is 15.1. The van der Waals surface area contributed by atoms with Gasteiger partial charge in [0.2, 0.25) is 0 Å². The molecule has 0 spiro atoms. The maximum Gasteiger partial charge on any atom is 0.313 e. The highest BCUT2D eigenvalue weighted by Crippen LogP contribution is 2.29. The van der Waals surface area contributed by atoms with Crippen LogP contribution in [0.5, 0.6) is 0 Å². The first kappa shape index (κ1) is 13.8. The molecular formula is C14H18N4O3. The van der Waals surface area contributed by atoms with Crippen molar-refractivity contribution in [1.29, 1.82) is 0 Å². The Morgan fingerprint density at radius 1 is 1.52 bits per heavy atom. The second-order valence-corrected chi connectivity index (χ2v) is 5.55. The van der Waals surface area contributed by atoms with E-state index in [0.717, 1.165) is 28.4 Å². The first-order chi connectivity index (χ1) is 9.97. The zero-order valence-electron chi connectivity index (χ0n) is 12.3. The van der Waals surface area contributed by atoms with Crippen molar-refractivity contribution in [1.82, 2.24) is 19.6 Å². The van der Waals surface area contributed by atoms with Gasteiger partial charge < -0.3 is 14.2 Å². The van der Waals surface area contributed by atoms with Crippen molar-refractivity contribution in [2.75, 3.05) is 6.54 Å². The lowest BCUT2D eigenvalue weighted by molar-refractivity contribution is -0.139. The molecule has 3 heterocycles. The van der Waals surface area contributed by atoms with E-state index in [1.807, 2.05) is 20.9 Å². The van der Waals surface area contributed by atoms with Gasteiger partial charge in [0, 0.05) is 32.2 Å². The summed E-state index contributed by atoms with van der Waals surface area (Å²) >= 11 is 0. The maximum absolute atomic E-state index is 11.6. The Bertz CT molecular complexity index is 669. The molecule has 1 aliphatic rings. The second kappa shape index (κ2) is 5.00. The lowest BCUT2D eigenvalue weighted by atomic mass is 9.97. The summed E-state index contributed by atoms with van der Waals surface area (Å²) in [5.74, 6) is -0.587. The summed E-state index contributed by atoms with van der Waals surface area (Å²) in [7, 11) is 1.84. The Morgan fingerprint density at radius 3 is 2.90 bits per heavy atom. The van der Waals surface area contributed by atoms with Gasteiger partial charge in [-0.25, -0.2) is 4.98 Å². The van der Waals surface area contributed by atoms with E-state index in [1.54, 1.807) is 10.9 Å². The number of carboxylic acids is 1. The molecule has 1 unspecified atom stereocenters. The quantitative estimate of drug-likeness (QED) is 0.914. The molecular weight excluding hydrogens is 272 g/mol. The van der Waals surface area contributed by atoms with Crippen LogP contribution in [-0.4, -0.2) is 37.2 Å². The molecule has 2 aromatic heterocycles. The van der Waals surface area contributed by atoms with E-state index < -0.39 is 11.9 Å². The molecule has 0 aliphatic carbocycles. The molecule has 0 saturated carbocycles. The van der Waals surface area contributed by atoms with Crippen molar-refractivity contribution < 1.29 is 14.4 Å². The Balaban J connectivity index is 1.89. The number of hydrogen-bond acceptors (Lipinski definition) is 5. The molecule has 2 aromatic rings. The van der Waals surface area contributed by atoms with E-state index in [-0.39, 0.29) is 0 Å². The number of carboxylic acid groups (broad SMARTS) is 1. The molecule has 112 valence electrons. The number of aryl methyl sites for hydroxylation is 3. The molecule has 21 heavy (non-hydrogen) atoms. The molecule has 0 fully saturated rings. The van der Waals surface area contributed by atoms with Gasteiger partial charge in [0.05, 0.1) is 23.4 Å². The van der Waals surface area contributed by atoms with Crippen LogP contribution in [0.15, 0.2) is 10.9 Å². The third kappa shape index (κ3) is 2.33. The third-order valence-electron chi connectivity index (χ3n) is 4.07. The van der Waals surface area contributed by atoms with Crippen LogP contribution in [0.25, 0.3) is 0 Å². The van der Waals surface area contributed by atoms with E-state index in [2.05, 4.69) is 15.0 Å². The van der Waals surface area contributed by atoms with Crippen molar-refractivity contribution in [3.8, 4) is 0 Å². The summed E-state index contributed by atoms with van der Waals surface area (Å²) in [5.41, 5.74) is 3.52. The average molecular weight is 290 g/mol. The zero-order valence-corrected chi connectivity index (χ0v) is 12.3. The number of aliphatic carboxylic acids is 1. The average Bonchev–Trinajstić information content (AvgIpc) is 2.96. The number of carbonyl (C=O) groups is 1. The van der Waals surface area contributed by atoms with E-state index in [9.17, 15) is 9.90 Å². The van der Waals surface area contributed by atoms with Crippen LogP contribution in [0, 0.1) is 13.8 Å². The summed E-state index contributed by atoms with van der Waals surface area (Å²) in [6.07, 6.45) is 1.68. The summed E-state index contributed by atoms with van der Waals surface area (Å²) in [5, 5.41) is 13.4. The minimum atomic E-state index is -0.816. The highest BCUT2D eigenvalue weighted by molar-refractivity contribution is 5.76. The number of fused-ring (bicyclic) bond motifs is 1. The molecule has 3 rings (SSSR count). The molecule has 1 atom stereocenters. The van der Waals surface area contributed by atoms with Crippen molar-refractivity contribution in [2.45, 2.75) is 32.9 Å². The van der Waals surface area contributed by atoms with Gasteiger partial charge in [0.15, 0.2) is 0 Å². The van der Waals surface area contributed by atoms with Crippen LogP contribution in [0.2, 0.25) is 0 Å². The second-order valence-electron chi connectivity index (χ2n) is 5.55. The number of hydrogen-bond donors (Lipinski definition) is 1. The lowest BCUT2D eigenvalue weighted by Crippen LogP contribution is -2.37. The minimum absolute atomic E-state index is 0.464. The molecule has 0 bridgehead atoms. The van der Waals surface area contributed by atoms with E-state index in [1.165, 1.54) is 0 Å². The molecule has 1 aliphatic heterocycles. The number of rotatable bonds is 3. The molecule has 7 nitrogen and oxygen atoms in total. The standard InChI is InChI=1S/C14H18N4O3/c1-8-10(9(2)21-16-8)4-18-5-11(14(19)20)13-12(6-18)15-7-17(13)3/h7,11H,4-6H2,1-3H3,(H,19,20).